The highest BCUT2D eigenvalue weighted by atomic mass is 16.5. The zero-order valence-electron chi connectivity index (χ0n) is 12.2. The van der Waals surface area contributed by atoms with Crippen LogP contribution in [0.4, 0.5) is 5.82 Å². The first kappa shape index (κ1) is 13.2. The van der Waals surface area contributed by atoms with Crippen LogP contribution in [0.15, 0.2) is 18.2 Å². The molecule has 7 heteroatoms. The van der Waals surface area contributed by atoms with E-state index in [1.54, 1.807) is 0 Å². The van der Waals surface area contributed by atoms with E-state index in [0.717, 1.165) is 11.3 Å². The van der Waals surface area contributed by atoms with E-state index in [-0.39, 0.29) is 53.2 Å². The molecule has 4 atom stereocenters. The van der Waals surface area contributed by atoms with Crippen LogP contribution in [0.2, 0.25) is 0 Å². The van der Waals surface area contributed by atoms with Gasteiger partial charge in [0.15, 0.2) is 5.82 Å². The highest BCUT2D eigenvalue weighted by Crippen LogP contribution is 2.53. The van der Waals surface area contributed by atoms with Crippen LogP contribution in [-0.2, 0) is 9.59 Å². The normalized spacial score (nSPS) is 31.8. The monoisotopic (exact) mass is 301 g/mol. The van der Waals surface area contributed by atoms with Crippen molar-refractivity contribution in [2.45, 2.75) is 6.42 Å². The van der Waals surface area contributed by atoms with Gasteiger partial charge < -0.3 is 9.47 Å². The van der Waals surface area contributed by atoms with Crippen molar-refractivity contribution in [3.05, 3.63) is 18.2 Å². The Labute approximate surface area is 126 Å². The zero-order chi connectivity index (χ0) is 15.4. The molecule has 1 aliphatic heterocycles. The van der Waals surface area contributed by atoms with Gasteiger partial charge in [0.05, 0.1) is 26.1 Å². The van der Waals surface area contributed by atoms with Crippen molar-refractivity contribution < 1.29 is 19.1 Å². The summed E-state index contributed by atoms with van der Waals surface area (Å²) < 4.78 is 10.1. The van der Waals surface area contributed by atoms with E-state index in [9.17, 15) is 9.59 Å². The number of hydrogen-bond donors (Lipinski definition) is 0. The number of rotatable bonds is 3. The third-order valence-corrected chi connectivity index (χ3v) is 4.76. The number of nitrogens with zero attached hydrogens (tertiary/aromatic N) is 3. The van der Waals surface area contributed by atoms with Crippen LogP contribution in [0.1, 0.15) is 6.42 Å². The molecule has 2 aliphatic carbocycles. The number of ether oxygens (including phenoxy) is 2. The Bertz CT molecular complexity index is 650. The molecule has 0 aromatic carbocycles. The van der Waals surface area contributed by atoms with E-state index in [1.165, 1.54) is 20.3 Å². The molecule has 1 saturated heterocycles. The average molecular weight is 301 g/mol. The van der Waals surface area contributed by atoms with Gasteiger partial charge in [-0.2, -0.15) is 9.97 Å². The molecule has 22 heavy (non-hydrogen) atoms. The Morgan fingerprint density at radius 2 is 1.68 bits per heavy atom. The number of imide groups is 1. The minimum Gasteiger partial charge on any atom is -0.481 e. The molecule has 0 spiro atoms. The van der Waals surface area contributed by atoms with Gasteiger partial charge >= 0.3 is 6.01 Å². The zero-order valence-corrected chi connectivity index (χ0v) is 12.2. The minimum absolute atomic E-state index is 0.0631. The summed E-state index contributed by atoms with van der Waals surface area (Å²) >= 11 is 0. The molecule has 7 nitrogen and oxygen atoms in total. The van der Waals surface area contributed by atoms with Crippen LogP contribution in [0.5, 0.6) is 11.9 Å². The standard InChI is InChI=1S/C15H15N3O4/c1-21-10-6-9(16-15(17-10)22-2)18-13(19)11-7-3-4-8(5-7)12(11)14(18)20/h3-4,6-8,11-12H,5H2,1-2H3/t7-,8+,11+,12-. The summed E-state index contributed by atoms with van der Waals surface area (Å²) in [5, 5.41) is 0. The van der Waals surface area contributed by atoms with Crippen molar-refractivity contribution in [1.29, 1.82) is 0 Å². The van der Waals surface area contributed by atoms with Gasteiger partial charge in [0.1, 0.15) is 0 Å². The highest BCUT2D eigenvalue weighted by molar-refractivity contribution is 6.22. The third-order valence-electron chi connectivity index (χ3n) is 4.76. The topological polar surface area (TPSA) is 81.6 Å². The number of methoxy groups -OCH3 is 2. The van der Waals surface area contributed by atoms with Crippen LogP contribution < -0.4 is 14.4 Å². The number of hydrogen-bond acceptors (Lipinski definition) is 6. The van der Waals surface area contributed by atoms with Crippen molar-refractivity contribution in [3.63, 3.8) is 0 Å². The summed E-state index contributed by atoms with van der Waals surface area (Å²) in [5.74, 6) is -0.0783. The first-order valence-corrected chi connectivity index (χ1v) is 7.17. The number of carbonyl (C=O) groups excluding carboxylic acids is 2. The maximum absolute atomic E-state index is 12.7. The smallest absolute Gasteiger partial charge is 0.321 e. The van der Waals surface area contributed by atoms with E-state index in [2.05, 4.69) is 22.1 Å². The fraction of sp³-hybridized carbons (Fsp3) is 0.467. The molecule has 4 rings (SSSR count). The summed E-state index contributed by atoms with van der Waals surface area (Å²) in [6.45, 7) is 0. The SMILES string of the molecule is COc1cc(N2C(=O)[C@@H]3[C@H](C2=O)[C@H]2C=C[C@@H]3C2)nc(OC)n1. The highest BCUT2D eigenvalue weighted by Gasteiger charge is 2.60. The van der Waals surface area contributed by atoms with Crippen molar-refractivity contribution in [1.82, 2.24) is 9.97 Å². The van der Waals surface area contributed by atoms with E-state index in [4.69, 9.17) is 9.47 Å². The quantitative estimate of drug-likeness (QED) is 0.607. The summed E-state index contributed by atoms with van der Waals surface area (Å²) in [6.07, 6.45) is 5.01. The second-order valence-electron chi connectivity index (χ2n) is 5.77. The molecule has 0 radical (unpaired) electrons. The van der Waals surface area contributed by atoms with Crippen molar-refractivity contribution in [2.75, 3.05) is 19.1 Å². The summed E-state index contributed by atoms with van der Waals surface area (Å²) in [5.41, 5.74) is 0. The Morgan fingerprint density at radius 1 is 1.05 bits per heavy atom. The molecule has 1 aromatic rings. The number of anilines is 1. The lowest BCUT2D eigenvalue weighted by Crippen LogP contribution is -2.33. The molecular weight excluding hydrogens is 286 g/mol. The molecule has 0 N–H and O–H groups in total. The lowest BCUT2D eigenvalue weighted by molar-refractivity contribution is -0.123. The van der Waals surface area contributed by atoms with Gasteiger partial charge in [0.25, 0.3) is 0 Å². The van der Waals surface area contributed by atoms with Gasteiger partial charge in [-0.05, 0) is 18.3 Å². The van der Waals surface area contributed by atoms with E-state index in [0.29, 0.717) is 0 Å². The Morgan fingerprint density at radius 3 is 2.23 bits per heavy atom. The average Bonchev–Trinajstić information content (AvgIpc) is 3.20. The largest absolute Gasteiger partial charge is 0.481 e. The number of fused-ring (bicyclic) bond motifs is 5. The maximum Gasteiger partial charge on any atom is 0.321 e. The van der Waals surface area contributed by atoms with Crippen molar-refractivity contribution in [3.8, 4) is 11.9 Å². The second-order valence-corrected chi connectivity index (χ2v) is 5.77. The maximum atomic E-state index is 12.7. The number of allylic oxidation sites excluding steroid dienone is 2. The van der Waals surface area contributed by atoms with Crippen LogP contribution in [0, 0.1) is 23.7 Å². The fourth-order valence-electron chi connectivity index (χ4n) is 3.83. The van der Waals surface area contributed by atoms with Crippen LogP contribution >= 0.6 is 0 Å². The number of aromatic nitrogens is 2. The number of carbonyl (C=O) groups is 2. The third kappa shape index (κ3) is 1.62. The van der Waals surface area contributed by atoms with E-state index < -0.39 is 0 Å². The Kier molecular flexibility index (Phi) is 2.72. The lowest BCUT2D eigenvalue weighted by atomic mass is 9.85. The Balaban J connectivity index is 1.75. The molecule has 1 aromatic heterocycles. The van der Waals surface area contributed by atoms with E-state index in [1.807, 2.05) is 0 Å². The lowest BCUT2D eigenvalue weighted by Gasteiger charge is -2.17. The molecule has 3 aliphatic rings. The molecular formula is C15H15N3O4. The van der Waals surface area contributed by atoms with Gasteiger partial charge in [0.2, 0.25) is 17.7 Å². The van der Waals surface area contributed by atoms with Crippen LogP contribution in [0.3, 0.4) is 0 Å². The van der Waals surface area contributed by atoms with Gasteiger partial charge in [-0.3, -0.25) is 9.59 Å². The molecule has 2 amide bonds. The predicted octanol–water partition coefficient (Wildman–Crippen LogP) is 0.805. The molecule has 1 saturated carbocycles. The van der Waals surface area contributed by atoms with Gasteiger partial charge in [-0.1, -0.05) is 12.2 Å². The summed E-state index contributed by atoms with van der Waals surface area (Å²) in [4.78, 5) is 34.7. The van der Waals surface area contributed by atoms with E-state index >= 15 is 0 Å². The summed E-state index contributed by atoms with van der Waals surface area (Å²) in [6, 6.07) is 1.54. The Hall–Kier alpha value is -2.44. The predicted molar refractivity (Wildman–Crippen MR) is 75.3 cm³/mol. The summed E-state index contributed by atoms with van der Waals surface area (Å²) in [7, 11) is 2.88. The minimum atomic E-state index is -0.255. The van der Waals surface area contributed by atoms with Gasteiger partial charge in [-0.25, -0.2) is 4.90 Å². The molecule has 0 unspecified atom stereocenters. The molecule has 2 fully saturated rings. The second kappa shape index (κ2) is 4.53. The molecule has 114 valence electrons. The molecule has 2 heterocycles. The first-order chi connectivity index (χ1) is 10.6. The van der Waals surface area contributed by atoms with Gasteiger partial charge in [0, 0.05) is 6.07 Å². The number of amides is 2. The van der Waals surface area contributed by atoms with Crippen LogP contribution in [-0.4, -0.2) is 36.0 Å². The molecule has 2 bridgehead atoms. The first-order valence-electron chi connectivity index (χ1n) is 7.17. The van der Waals surface area contributed by atoms with Crippen molar-refractivity contribution in [2.24, 2.45) is 23.7 Å². The van der Waals surface area contributed by atoms with Crippen LogP contribution in [0.25, 0.3) is 0 Å². The van der Waals surface area contributed by atoms with Crippen molar-refractivity contribution >= 4 is 17.6 Å². The van der Waals surface area contributed by atoms with Gasteiger partial charge in [-0.15, -0.1) is 0 Å². The fourth-order valence-corrected chi connectivity index (χ4v) is 3.83.